The molecule has 0 aliphatic carbocycles. The SMILES string of the molecule is Cc1nc2ccc(NC(=O)CCCCC(=O)O)cc2[nH]1. The number of carboxylic acid groups (broad SMARTS) is 1. The maximum Gasteiger partial charge on any atom is 0.303 e. The van der Waals surface area contributed by atoms with Crippen molar-refractivity contribution in [1.82, 2.24) is 9.97 Å². The van der Waals surface area contributed by atoms with Crippen LogP contribution in [0.4, 0.5) is 5.69 Å². The van der Waals surface area contributed by atoms with E-state index in [0.29, 0.717) is 24.9 Å². The second-order valence-electron chi connectivity index (χ2n) is 4.70. The van der Waals surface area contributed by atoms with E-state index in [0.717, 1.165) is 16.9 Å². The Hall–Kier alpha value is -2.37. The van der Waals surface area contributed by atoms with E-state index in [1.807, 2.05) is 19.1 Å². The number of benzene rings is 1. The van der Waals surface area contributed by atoms with E-state index in [1.54, 1.807) is 6.07 Å². The van der Waals surface area contributed by atoms with Crippen LogP contribution in [-0.2, 0) is 9.59 Å². The van der Waals surface area contributed by atoms with Gasteiger partial charge in [0.2, 0.25) is 5.91 Å². The van der Waals surface area contributed by atoms with E-state index >= 15 is 0 Å². The van der Waals surface area contributed by atoms with E-state index in [-0.39, 0.29) is 12.3 Å². The van der Waals surface area contributed by atoms with Gasteiger partial charge in [-0.05, 0) is 38.0 Å². The van der Waals surface area contributed by atoms with Gasteiger partial charge in [-0.3, -0.25) is 9.59 Å². The third-order valence-corrected chi connectivity index (χ3v) is 2.93. The van der Waals surface area contributed by atoms with Crippen molar-refractivity contribution < 1.29 is 14.7 Å². The maximum absolute atomic E-state index is 11.7. The zero-order valence-corrected chi connectivity index (χ0v) is 11.3. The quantitative estimate of drug-likeness (QED) is 0.706. The fraction of sp³-hybridized carbons (Fsp3) is 0.357. The van der Waals surface area contributed by atoms with Gasteiger partial charge in [-0.15, -0.1) is 0 Å². The molecule has 6 heteroatoms. The molecule has 106 valence electrons. The minimum atomic E-state index is -0.828. The van der Waals surface area contributed by atoms with E-state index < -0.39 is 5.97 Å². The Morgan fingerprint density at radius 2 is 2.05 bits per heavy atom. The minimum absolute atomic E-state index is 0.104. The minimum Gasteiger partial charge on any atom is -0.481 e. The summed E-state index contributed by atoms with van der Waals surface area (Å²) in [7, 11) is 0. The third kappa shape index (κ3) is 3.81. The number of hydrogen-bond donors (Lipinski definition) is 3. The molecule has 1 aromatic carbocycles. The van der Waals surface area contributed by atoms with Crippen molar-refractivity contribution in [2.24, 2.45) is 0 Å². The Balaban J connectivity index is 1.87. The molecule has 20 heavy (non-hydrogen) atoms. The van der Waals surface area contributed by atoms with Crippen LogP contribution < -0.4 is 5.32 Å². The molecule has 1 heterocycles. The molecule has 6 nitrogen and oxygen atoms in total. The molecule has 0 atom stereocenters. The predicted molar refractivity (Wildman–Crippen MR) is 75.6 cm³/mol. The normalized spacial score (nSPS) is 10.7. The highest BCUT2D eigenvalue weighted by molar-refractivity contribution is 5.93. The number of carbonyl (C=O) groups is 2. The van der Waals surface area contributed by atoms with Crippen molar-refractivity contribution in [2.75, 3.05) is 5.32 Å². The number of H-pyrrole nitrogens is 1. The standard InChI is InChI=1S/C14H17N3O3/c1-9-15-11-7-6-10(8-12(11)16-9)17-13(18)4-2-3-5-14(19)20/h6-8H,2-5H2,1H3,(H,15,16)(H,17,18)(H,19,20). The van der Waals surface area contributed by atoms with Crippen molar-refractivity contribution in [3.63, 3.8) is 0 Å². The molecular weight excluding hydrogens is 258 g/mol. The van der Waals surface area contributed by atoms with E-state index in [1.165, 1.54) is 0 Å². The number of nitrogens with one attached hydrogen (secondary N) is 2. The smallest absolute Gasteiger partial charge is 0.303 e. The summed E-state index contributed by atoms with van der Waals surface area (Å²) in [6.07, 6.45) is 1.52. The number of imidazole rings is 1. The Labute approximate surface area is 116 Å². The van der Waals surface area contributed by atoms with Crippen LogP contribution in [0.3, 0.4) is 0 Å². The van der Waals surface area contributed by atoms with Crippen LogP contribution in [-0.4, -0.2) is 27.0 Å². The van der Waals surface area contributed by atoms with Crippen LogP contribution in [0.1, 0.15) is 31.5 Å². The molecule has 0 aliphatic rings. The van der Waals surface area contributed by atoms with Crippen molar-refractivity contribution >= 4 is 28.6 Å². The molecule has 0 aliphatic heterocycles. The molecule has 0 spiro atoms. The zero-order chi connectivity index (χ0) is 14.5. The number of nitrogens with zero attached hydrogens (tertiary/aromatic N) is 1. The summed E-state index contributed by atoms with van der Waals surface area (Å²) >= 11 is 0. The molecule has 3 N–H and O–H groups in total. The number of aromatic nitrogens is 2. The fourth-order valence-corrected chi connectivity index (χ4v) is 2.00. The molecule has 0 bridgehead atoms. The van der Waals surface area contributed by atoms with Crippen LogP contribution in [0.2, 0.25) is 0 Å². The summed E-state index contributed by atoms with van der Waals surface area (Å²) in [4.78, 5) is 29.5. The molecule has 0 fully saturated rings. The summed E-state index contributed by atoms with van der Waals surface area (Å²) in [6, 6.07) is 5.49. The first kappa shape index (κ1) is 14.0. The van der Waals surface area contributed by atoms with Crippen LogP contribution in [0.25, 0.3) is 11.0 Å². The molecular formula is C14H17N3O3. The van der Waals surface area contributed by atoms with E-state index in [2.05, 4.69) is 15.3 Å². The summed E-state index contributed by atoms with van der Waals surface area (Å²) in [5, 5.41) is 11.3. The Kier molecular flexibility index (Phi) is 4.34. The van der Waals surface area contributed by atoms with Gasteiger partial charge in [0, 0.05) is 18.5 Å². The molecule has 1 amide bonds. The average Bonchev–Trinajstić information content (AvgIpc) is 2.74. The highest BCUT2D eigenvalue weighted by Crippen LogP contribution is 2.17. The van der Waals surface area contributed by atoms with Crippen molar-refractivity contribution in [3.8, 4) is 0 Å². The van der Waals surface area contributed by atoms with Gasteiger partial charge in [0.05, 0.1) is 11.0 Å². The largest absolute Gasteiger partial charge is 0.481 e. The van der Waals surface area contributed by atoms with Crippen LogP contribution >= 0.6 is 0 Å². The Morgan fingerprint density at radius 1 is 1.30 bits per heavy atom. The molecule has 1 aromatic heterocycles. The summed E-state index contributed by atoms with van der Waals surface area (Å²) < 4.78 is 0. The van der Waals surface area contributed by atoms with Gasteiger partial charge in [0.1, 0.15) is 5.82 Å². The molecule has 2 rings (SSSR count). The highest BCUT2D eigenvalue weighted by atomic mass is 16.4. The topological polar surface area (TPSA) is 95.1 Å². The monoisotopic (exact) mass is 275 g/mol. The van der Waals surface area contributed by atoms with Crippen molar-refractivity contribution in [1.29, 1.82) is 0 Å². The van der Waals surface area contributed by atoms with Crippen LogP contribution in [0.15, 0.2) is 18.2 Å². The zero-order valence-electron chi connectivity index (χ0n) is 11.3. The Bertz CT molecular complexity index is 634. The summed E-state index contributed by atoms with van der Waals surface area (Å²) in [5.41, 5.74) is 2.46. The molecule has 0 saturated carbocycles. The lowest BCUT2D eigenvalue weighted by molar-refractivity contribution is -0.137. The van der Waals surface area contributed by atoms with Crippen LogP contribution in [0, 0.1) is 6.92 Å². The van der Waals surface area contributed by atoms with Gasteiger partial charge in [0.25, 0.3) is 0 Å². The lowest BCUT2D eigenvalue weighted by atomic mass is 10.2. The first-order chi connectivity index (χ1) is 9.54. The summed E-state index contributed by atoms with van der Waals surface area (Å²) in [5.74, 6) is -0.103. The first-order valence-electron chi connectivity index (χ1n) is 6.52. The summed E-state index contributed by atoms with van der Waals surface area (Å²) in [6.45, 7) is 1.88. The molecule has 0 radical (unpaired) electrons. The second-order valence-corrected chi connectivity index (χ2v) is 4.70. The number of aryl methyl sites for hydroxylation is 1. The van der Waals surface area contributed by atoms with E-state index in [4.69, 9.17) is 5.11 Å². The maximum atomic E-state index is 11.7. The molecule has 0 unspecified atom stereocenters. The number of aliphatic carboxylic acids is 1. The van der Waals surface area contributed by atoms with Gasteiger partial charge in [0.15, 0.2) is 0 Å². The number of unbranched alkanes of at least 4 members (excludes halogenated alkanes) is 1. The lowest BCUT2D eigenvalue weighted by Crippen LogP contribution is -2.11. The molecule has 2 aromatic rings. The number of carbonyl (C=O) groups excluding carboxylic acids is 1. The van der Waals surface area contributed by atoms with Crippen LogP contribution in [0.5, 0.6) is 0 Å². The Morgan fingerprint density at radius 3 is 2.80 bits per heavy atom. The van der Waals surface area contributed by atoms with Gasteiger partial charge in [-0.25, -0.2) is 4.98 Å². The fourth-order valence-electron chi connectivity index (χ4n) is 2.00. The lowest BCUT2D eigenvalue weighted by Gasteiger charge is -2.04. The number of anilines is 1. The number of hydrogen-bond acceptors (Lipinski definition) is 3. The van der Waals surface area contributed by atoms with Gasteiger partial charge >= 0.3 is 5.97 Å². The third-order valence-electron chi connectivity index (χ3n) is 2.93. The number of amides is 1. The second kappa shape index (κ2) is 6.18. The van der Waals surface area contributed by atoms with Gasteiger partial charge < -0.3 is 15.4 Å². The number of aromatic amines is 1. The molecule has 0 saturated heterocycles. The predicted octanol–water partition coefficient (Wildman–Crippen LogP) is 2.45. The van der Waals surface area contributed by atoms with Crippen molar-refractivity contribution in [2.45, 2.75) is 32.6 Å². The van der Waals surface area contributed by atoms with Gasteiger partial charge in [-0.2, -0.15) is 0 Å². The van der Waals surface area contributed by atoms with Gasteiger partial charge in [-0.1, -0.05) is 0 Å². The average molecular weight is 275 g/mol. The number of fused-ring (bicyclic) bond motifs is 1. The highest BCUT2D eigenvalue weighted by Gasteiger charge is 2.05. The van der Waals surface area contributed by atoms with Crippen molar-refractivity contribution in [3.05, 3.63) is 24.0 Å². The first-order valence-corrected chi connectivity index (χ1v) is 6.52. The number of carboxylic acids is 1. The number of rotatable bonds is 6. The van der Waals surface area contributed by atoms with E-state index in [9.17, 15) is 9.59 Å².